The monoisotopic (exact) mass is 625 g/mol. The van der Waals surface area contributed by atoms with Gasteiger partial charge in [-0.15, -0.1) is 40.4 Å². The number of aryl methyl sites for hydroxylation is 2. The third-order valence-corrected chi connectivity index (χ3v) is 5.76. The van der Waals surface area contributed by atoms with Crippen LogP contribution in [0.1, 0.15) is 53.7 Å². The number of ketones is 1. The SMILES string of the molecule is CC(=O)c1cccc2cc[n-]c12.Cc1[c-]c(-c2nccc3cc(C(C)C)ccc23)cc(C)c1.[Ir]. The Labute approximate surface area is 215 Å². The van der Waals surface area contributed by atoms with Gasteiger partial charge in [0.2, 0.25) is 0 Å². The summed E-state index contributed by atoms with van der Waals surface area (Å²) in [6.07, 6.45) is 3.62. The van der Waals surface area contributed by atoms with Gasteiger partial charge in [0.05, 0.1) is 0 Å². The number of hydrogen-bond acceptors (Lipinski definition) is 2. The third kappa shape index (κ3) is 5.52. The number of nitrogens with zero attached hydrogens (tertiary/aromatic N) is 2. The second-order valence-corrected chi connectivity index (χ2v) is 8.79. The zero-order valence-corrected chi connectivity index (χ0v) is 22.5. The summed E-state index contributed by atoms with van der Waals surface area (Å²) in [5.41, 5.74) is 7.39. The summed E-state index contributed by atoms with van der Waals surface area (Å²) in [5.74, 6) is 0.609. The smallest absolute Gasteiger partial charge is 0.158 e. The van der Waals surface area contributed by atoms with Gasteiger partial charge in [-0.2, -0.15) is 6.20 Å². The van der Waals surface area contributed by atoms with Gasteiger partial charge in [-0.3, -0.25) is 4.79 Å². The molecule has 4 heteroatoms. The molecule has 0 spiro atoms. The Bertz CT molecular complexity index is 1430. The second-order valence-electron chi connectivity index (χ2n) is 8.79. The van der Waals surface area contributed by atoms with Gasteiger partial charge in [-0.1, -0.05) is 70.2 Å². The van der Waals surface area contributed by atoms with Crippen LogP contribution in [-0.2, 0) is 20.1 Å². The summed E-state index contributed by atoms with van der Waals surface area (Å²) in [4.78, 5) is 19.8. The maximum Gasteiger partial charge on any atom is 0.158 e. The molecule has 34 heavy (non-hydrogen) atoms. The van der Waals surface area contributed by atoms with Crippen LogP contribution in [0.2, 0.25) is 0 Å². The maximum absolute atomic E-state index is 11.1. The average molecular weight is 625 g/mol. The molecule has 0 aliphatic rings. The minimum atomic E-state index is 0. The first-order valence-corrected chi connectivity index (χ1v) is 11.2. The Hall–Kier alpha value is -3.07. The van der Waals surface area contributed by atoms with E-state index < -0.39 is 0 Å². The number of rotatable bonds is 3. The number of aromatic nitrogens is 2. The van der Waals surface area contributed by atoms with Crippen molar-refractivity contribution in [3.8, 4) is 11.3 Å². The summed E-state index contributed by atoms with van der Waals surface area (Å²) in [7, 11) is 0. The largest absolute Gasteiger partial charge is 0.663 e. The van der Waals surface area contributed by atoms with E-state index in [1.807, 2.05) is 24.4 Å². The molecule has 0 unspecified atom stereocenters. The molecule has 175 valence electrons. The van der Waals surface area contributed by atoms with E-state index in [2.05, 4.69) is 80.1 Å². The van der Waals surface area contributed by atoms with E-state index in [0.717, 1.165) is 27.7 Å². The molecule has 0 amide bonds. The molecule has 0 bridgehead atoms. The van der Waals surface area contributed by atoms with Crippen LogP contribution in [-0.4, -0.2) is 10.8 Å². The van der Waals surface area contributed by atoms with E-state index >= 15 is 0 Å². The van der Waals surface area contributed by atoms with E-state index in [0.29, 0.717) is 11.5 Å². The Morgan fingerprint density at radius 1 is 0.971 bits per heavy atom. The van der Waals surface area contributed by atoms with Gasteiger partial charge in [0, 0.05) is 31.9 Å². The molecule has 0 saturated heterocycles. The standard InChI is InChI=1S/C20H20N.C10H9NO.Ir/c1-13(2)16-5-6-19-17(12-16)7-8-21-20(19)18-10-14(3)9-15(4)11-18;1-7(12)9-4-2-3-8-5-6-11-10(8)9;/h5-10,12-13H,1-4H3;2-6H,1H3,(H,11,12);/q-1;;/p-1. The minimum Gasteiger partial charge on any atom is -0.663 e. The normalized spacial score (nSPS) is 10.6. The zero-order valence-electron chi connectivity index (χ0n) is 20.1. The van der Waals surface area contributed by atoms with Crippen molar-refractivity contribution in [2.24, 2.45) is 0 Å². The van der Waals surface area contributed by atoms with Crippen molar-refractivity contribution >= 4 is 27.5 Å². The fourth-order valence-corrected chi connectivity index (χ4v) is 4.11. The summed E-state index contributed by atoms with van der Waals surface area (Å²) in [5, 5.41) is 3.48. The molecular weight excluding hydrogens is 597 g/mol. The first kappa shape index (κ1) is 25.6. The molecule has 2 aromatic heterocycles. The van der Waals surface area contributed by atoms with Gasteiger partial charge in [-0.25, -0.2) is 0 Å². The van der Waals surface area contributed by atoms with Gasteiger partial charge in [-0.05, 0) is 46.3 Å². The Kier molecular flexibility index (Phi) is 8.19. The van der Waals surface area contributed by atoms with Crippen molar-refractivity contribution in [3.05, 3.63) is 101 Å². The van der Waals surface area contributed by atoms with Gasteiger partial charge < -0.3 is 9.97 Å². The van der Waals surface area contributed by atoms with Crippen LogP contribution >= 0.6 is 0 Å². The molecule has 5 rings (SSSR count). The van der Waals surface area contributed by atoms with E-state index in [4.69, 9.17) is 0 Å². The number of hydrogen-bond donors (Lipinski definition) is 0. The summed E-state index contributed by atoms with van der Waals surface area (Å²) >= 11 is 0. The predicted octanol–water partition coefficient (Wildman–Crippen LogP) is 7.44. The van der Waals surface area contributed by atoms with Crippen LogP contribution in [0.25, 0.3) is 32.9 Å². The molecule has 1 radical (unpaired) electrons. The summed E-state index contributed by atoms with van der Waals surface area (Å²) in [6.45, 7) is 10.2. The molecule has 3 aromatic carbocycles. The molecule has 0 saturated carbocycles. The number of Topliss-reactive ketones (excluding diaryl/α,β-unsaturated/α-hetero) is 1. The predicted molar refractivity (Wildman–Crippen MR) is 137 cm³/mol. The molecule has 0 fully saturated rings. The van der Waals surface area contributed by atoms with Gasteiger partial charge >= 0.3 is 0 Å². The number of pyridine rings is 1. The van der Waals surface area contributed by atoms with Crippen LogP contribution in [0.4, 0.5) is 0 Å². The maximum atomic E-state index is 11.1. The number of carbonyl (C=O) groups is 1. The number of para-hydroxylation sites is 1. The van der Waals surface area contributed by atoms with Gasteiger partial charge in [0.1, 0.15) is 0 Å². The molecule has 5 aromatic rings. The van der Waals surface area contributed by atoms with Crippen molar-refractivity contribution in [1.82, 2.24) is 9.97 Å². The van der Waals surface area contributed by atoms with Crippen molar-refractivity contribution in [2.45, 2.75) is 40.5 Å². The quantitative estimate of drug-likeness (QED) is 0.155. The topological polar surface area (TPSA) is 44.1 Å². The Morgan fingerprint density at radius 3 is 2.47 bits per heavy atom. The molecule has 0 aliphatic heterocycles. The first-order chi connectivity index (χ1) is 15.8. The van der Waals surface area contributed by atoms with Crippen LogP contribution in [0.15, 0.2) is 73.1 Å². The van der Waals surface area contributed by atoms with E-state index in [-0.39, 0.29) is 25.9 Å². The van der Waals surface area contributed by atoms with Gasteiger partial charge in [0.25, 0.3) is 0 Å². The zero-order chi connectivity index (χ0) is 23.5. The van der Waals surface area contributed by atoms with Crippen molar-refractivity contribution in [3.63, 3.8) is 0 Å². The molecule has 0 aliphatic carbocycles. The van der Waals surface area contributed by atoms with Crippen LogP contribution in [0, 0.1) is 19.9 Å². The molecule has 0 N–H and O–H groups in total. The second kappa shape index (κ2) is 10.9. The molecule has 2 heterocycles. The molecule has 0 atom stereocenters. The third-order valence-electron chi connectivity index (χ3n) is 5.76. The molecular formula is C30H28IrN2O-2. The molecule has 3 nitrogen and oxygen atoms in total. The van der Waals surface area contributed by atoms with Crippen LogP contribution in [0.3, 0.4) is 0 Å². The first-order valence-electron chi connectivity index (χ1n) is 11.2. The van der Waals surface area contributed by atoms with E-state index in [1.54, 1.807) is 19.2 Å². The Morgan fingerprint density at radius 2 is 1.76 bits per heavy atom. The summed E-state index contributed by atoms with van der Waals surface area (Å²) in [6, 6.07) is 24.0. The fourth-order valence-electron chi connectivity index (χ4n) is 4.11. The number of benzene rings is 3. The van der Waals surface area contributed by atoms with Crippen molar-refractivity contribution < 1.29 is 24.9 Å². The van der Waals surface area contributed by atoms with Crippen molar-refractivity contribution in [2.75, 3.05) is 0 Å². The van der Waals surface area contributed by atoms with Crippen LogP contribution < -0.4 is 4.98 Å². The van der Waals surface area contributed by atoms with Crippen LogP contribution in [0.5, 0.6) is 0 Å². The number of carbonyl (C=O) groups excluding carboxylic acids is 1. The average Bonchev–Trinajstić information content (AvgIpc) is 3.27. The van der Waals surface area contributed by atoms with E-state index in [9.17, 15) is 4.79 Å². The van der Waals surface area contributed by atoms with E-state index in [1.165, 1.54) is 21.9 Å². The van der Waals surface area contributed by atoms with Gasteiger partial charge in [0.15, 0.2) is 5.78 Å². The minimum absolute atomic E-state index is 0. The van der Waals surface area contributed by atoms with Crippen molar-refractivity contribution in [1.29, 1.82) is 0 Å². The summed E-state index contributed by atoms with van der Waals surface area (Å²) < 4.78 is 0. The number of fused-ring (bicyclic) bond motifs is 2. The Balaban J connectivity index is 0.000000212. The fraction of sp³-hybridized carbons (Fsp3) is 0.200.